The first-order valence-corrected chi connectivity index (χ1v) is 5.72. The van der Waals surface area contributed by atoms with Crippen LogP contribution in [0.15, 0.2) is 0 Å². The van der Waals surface area contributed by atoms with Gasteiger partial charge in [-0.15, -0.1) is 0 Å². The normalized spacial score (nSPS) is 10.7. The van der Waals surface area contributed by atoms with Crippen LogP contribution in [0.1, 0.15) is 25.2 Å². The predicted octanol–water partition coefficient (Wildman–Crippen LogP) is 1.22. The summed E-state index contributed by atoms with van der Waals surface area (Å²) in [4.78, 5) is 8.51. The molecule has 1 rings (SSSR count). The van der Waals surface area contributed by atoms with Gasteiger partial charge in [-0.05, 0) is 27.7 Å². The summed E-state index contributed by atoms with van der Waals surface area (Å²) in [7, 11) is 0. The molecule has 96 valence electrons. The van der Waals surface area contributed by atoms with Crippen LogP contribution in [0, 0.1) is 13.8 Å². The van der Waals surface area contributed by atoms with Crippen molar-refractivity contribution in [1.29, 1.82) is 0 Å². The summed E-state index contributed by atoms with van der Waals surface area (Å²) in [5.74, 6) is 7.50. The monoisotopic (exact) mass is 239 g/mol. The van der Waals surface area contributed by atoms with E-state index in [1.807, 2.05) is 27.7 Å². The number of nitrogens with one attached hydrogen (secondary N) is 2. The largest absolute Gasteiger partial charge is 0.377 e. The maximum atomic E-state index is 5.44. The smallest absolute Gasteiger partial charge is 0.148 e. The van der Waals surface area contributed by atoms with E-state index in [0.717, 1.165) is 11.4 Å². The maximum Gasteiger partial charge on any atom is 0.148 e. The molecule has 6 heteroatoms. The minimum Gasteiger partial charge on any atom is -0.377 e. The van der Waals surface area contributed by atoms with Gasteiger partial charge in [-0.3, -0.25) is 0 Å². The van der Waals surface area contributed by atoms with Gasteiger partial charge in [0.2, 0.25) is 0 Å². The number of nitrogens with two attached hydrogens (primary N) is 1. The number of hydrogen-bond donors (Lipinski definition) is 3. The third-order valence-electron chi connectivity index (χ3n) is 2.24. The van der Waals surface area contributed by atoms with Gasteiger partial charge >= 0.3 is 0 Å². The summed E-state index contributed by atoms with van der Waals surface area (Å²) in [5, 5.41) is 3.21. The lowest BCUT2D eigenvalue weighted by Gasteiger charge is -2.13. The Balaban J connectivity index is 2.61. The van der Waals surface area contributed by atoms with Gasteiger partial charge in [0.05, 0.1) is 12.7 Å². The lowest BCUT2D eigenvalue weighted by Crippen LogP contribution is -2.17. The van der Waals surface area contributed by atoms with Crippen LogP contribution in [-0.4, -0.2) is 29.2 Å². The summed E-state index contributed by atoms with van der Waals surface area (Å²) in [6, 6.07) is 0. The second-order valence-electron chi connectivity index (χ2n) is 4.08. The number of nitrogen functional groups attached to an aromatic ring is 1. The second kappa shape index (κ2) is 6.36. The van der Waals surface area contributed by atoms with Crippen LogP contribution in [0.25, 0.3) is 0 Å². The van der Waals surface area contributed by atoms with Gasteiger partial charge in [0.15, 0.2) is 0 Å². The number of ether oxygens (including phenoxy) is 1. The Kier molecular flexibility index (Phi) is 5.11. The molecular weight excluding hydrogens is 218 g/mol. The van der Waals surface area contributed by atoms with Crippen LogP contribution in [0.2, 0.25) is 0 Å². The van der Waals surface area contributed by atoms with E-state index in [1.54, 1.807) is 0 Å². The average Bonchev–Trinajstić information content (AvgIpc) is 2.28. The molecule has 0 aliphatic heterocycles. The van der Waals surface area contributed by atoms with Gasteiger partial charge in [0.25, 0.3) is 0 Å². The fourth-order valence-corrected chi connectivity index (χ4v) is 1.41. The molecule has 0 saturated heterocycles. The number of anilines is 2. The van der Waals surface area contributed by atoms with E-state index in [0.29, 0.717) is 24.8 Å². The molecule has 4 N–H and O–H groups in total. The first kappa shape index (κ1) is 13.7. The highest BCUT2D eigenvalue weighted by molar-refractivity contribution is 5.56. The summed E-state index contributed by atoms with van der Waals surface area (Å²) >= 11 is 0. The second-order valence-corrected chi connectivity index (χ2v) is 4.08. The van der Waals surface area contributed by atoms with Gasteiger partial charge in [-0.2, -0.15) is 0 Å². The molecule has 0 aliphatic rings. The molecule has 0 spiro atoms. The lowest BCUT2D eigenvalue weighted by molar-refractivity contribution is 0.0870. The first-order valence-electron chi connectivity index (χ1n) is 5.72. The molecule has 1 heterocycles. The van der Waals surface area contributed by atoms with Crippen molar-refractivity contribution in [2.45, 2.75) is 33.8 Å². The molecule has 0 amide bonds. The van der Waals surface area contributed by atoms with Crippen molar-refractivity contribution in [3.8, 4) is 0 Å². The summed E-state index contributed by atoms with van der Waals surface area (Å²) in [6.07, 6.45) is 0.242. The van der Waals surface area contributed by atoms with Crippen molar-refractivity contribution in [2.24, 2.45) is 5.84 Å². The zero-order valence-electron chi connectivity index (χ0n) is 10.9. The summed E-state index contributed by atoms with van der Waals surface area (Å²) < 4.78 is 5.44. The van der Waals surface area contributed by atoms with Crippen molar-refractivity contribution in [1.82, 2.24) is 9.97 Å². The quantitative estimate of drug-likeness (QED) is 0.393. The maximum absolute atomic E-state index is 5.44. The van der Waals surface area contributed by atoms with E-state index in [2.05, 4.69) is 20.7 Å². The fourth-order valence-electron chi connectivity index (χ4n) is 1.41. The summed E-state index contributed by atoms with van der Waals surface area (Å²) in [6.45, 7) is 9.12. The third kappa shape index (κ3) is 4.16. The van der Waals surface area contributed by atoms with E-state index >= 15 is 0 Å². The number of aryl methyl sites for hydroxylation is 1. The molecule has 17 heavy (non-hydrogen) atoms. The van der Waals surface area contributed by atoms with Crippen LogP contribution in [-0.2, 0) is 4.74 Å². The standard InChI is InChI=1S/C11H21N5O/c1-7(2)17-6-5-13-10-8(3)11(16-12)15-9(4)14-10/h7H,5-6,12H2,1-4H3,(H2,13,14,15,16). The zero-order valence-corrected chi connectivity index (χ0v) is 10.9. The van der Waals surface area contributed by atoms with Crippen molar-refractivity contribution in [3.05, 3.63) is 11.4 Å². The minimum absolute atomic E-state index is 0.242. The van der Waals surface area contributed by atoms with Gasteiger partial charge in [-0.1, -0.05) is 0 Å². The first-order chi connectivity index (χ1) is 8.04. The van der Waals surface area contributed by atoms with Crippen LogP contribution in [0.4, 0.5) is 11.6 Å². The van der Waals surface area contributed by atoms with E-state index < -0.39 is 0 Å². The highest BCUT2D eigenvalue weighted by Crippen LogP contribution is 2.18. The van der Waals surface area contributed by atoms with Crippen molar-refractivity contribution >= 4 is 11.6 Å². The molecular formula is C11H21N5O. The number of rotatable bonds is 6. The highest BCUT2D eigenvalue weighted by atomic mass is 16.5. The topological polar surface area (TPSA) is 85.1 Å². The minimum atomic E-state index is 0.242. The Hall–Kier alpha value is -1.40. The predicted molar refractivity (Wildman–Crippen MR) is 68.9 cm³/mol. The Bertz CT molecular complexity index is 367. The Labute approximate surface area is 102 Å². The number of aromatic nitrogens is 2. The van der Waals surface area contributed by atoms with E-state index in [9.17, 15) is 0 Å². The SMILES string of the molecule is Cc1nc(NN)c(C)c(NCCOC(C)C)n1. The Morgan fingerprint density at radius 3 is 2.47 bits per heavy atom. The number of hydrogen-bond acceptors (Lipinski definition) is 6. The molecule has 0 atom stereocenters. The molecule has 0 fully saturated rings. The van der Waals surface area contributed by atoms with Crippen molar-refractivity contribution < 1.29 is 4.74 Å². The molecule has 0 bridgehead atoms. The molecule has 0 aromatic carbocycles. The van der Waals surface area contributed by atoms with Crippen LogP contribution < -0.4 is 16.6 Å². The fraction of sp³-hybridized carbons (Fsp3) is 0.636. The zero-order chi connectivity index (χ0) is 12.8. The molecule has 1 aromatic heterocycles. The highest BCUT2D eigenvalue weighted by Gasteiger charge is 2.07. The van der Waals surface area contributed by atoms with E-state index in [4.69, 9.17) is 10.6 Å². The summed E-state index contributed by atoms with van der Waals surface area (Å²) in [5.41, 5.74) is 3.47. The van der Waals surface area contributed by atoms with Crippen LogP contribution in [0.3, 0.4) is 0 Å². The van der Waals surface area contributed by atoms with Crippen LogP contribution in [0.5, 0.6) is 0 Å². The van der Waals surface area contributed by atoms with Gasteiger partial charge in [-0.25, -0.2) is 15.8 Å². The molecule has 0 aliphatic carbocycles. The molecule has 0 unspecified atom stereocenters. The average molecular weight is 239 g/mol. The molecule has 0 radical (unpaired) electrons. The third-order valence-corrected chi connectivity index (χ3v) is 2.24. The van der Waals surface area contributed by atoms with Gasteiger partial charge < -0.3 is 15.5 Å². The Morgan fingerprint density at radius 1 is 1.24 bits per heavy atom. The van der Waals surface area contributed by atoms with Gasteiger partial charge in [0, 0.05) is 12.1 Å². The number of hydrazine groups is 1. The number of nitrogens with zero attached hydrogens (tertiary/aromatic N) is 2. The molecule has 6 nitrogen and oxygen atoms in total. The Morgan fingerprint density at radius 2 is 1.88 bits per heavy atom. The van der Waals surface area contributed by atoms with Crippen LogP contribution >= 0.6 is 0 Å². The molecule has 1 aromatic rings. The molecule has 0 saturated carbocycles. The van der Waals surface area contributed by atoms with E-state index in [-0.39, 0.29) is 6.10 Å². The van der Waals surface area contributed by atoms with Crippen molar-refractivity contribution in [3.63, 3.8) is 0 Å². The van der Waals surface area contributed by atoms with E-state index in [1.165, 1.54) is 0 Å². The van der Waals surface area contributed by atoms with Crippen molar-refractivity contribution in [2.75, 3.05) is 23.9 Å². The van der Waals surface area contributed by atoms with Gasteiger partial charge in [0.1, 0.15) is 17.5 Å². The lowest BCUT2D eigenvalue weighted by atomic mass is 10.3.